The van der Waals surface area contributed by atoms with E-state index in [0.717, 1.165) is 0 Å². The topological polar surface area (TPSA) is 77.1 Å². The molecule has 1 N–H and O–H groups in total. The predicted octanol–water partition coefficient (Wildman–Crippen LogP) is 2.70. The molecule has 0 unspecified atom stereocenters. The van der Waals surface area contributed by atoms with Gasteiger partial charge in [0.2, 0.25) is 11.8 Å². The first-order valence-corrected chi connectivity index (χ1v) is 7.92. The molecule has 2 aromatic carbocycles. The number of amides is 2. The summed E-state index contributed by atoms with van der Waals surface area (Å²) in [6, 6.07) is 12.0. The molecule has 0 aromatic heterocycles. The summed E-state index contributed by atoms with van der Waals surface area (Å²) >= 11 is 0. The number of carbonyl (C=O) groups excluding carboxylic acids is 2. The van der Waals surface area contributed by atoms with E-state index in [1.54, 1.807) is 56.7 Å². The summed E-state index contributed by atoms with van der Waals surface area (Å²) in [5.41, 5.74) is 1.10. The minimum Gasteiger partial charge on any atom is -0.497 e. The van der Waals surface area contributed by atoms with Gasteiger partial charge in [0.05, 0.1) is 27.0 Å². The van der Waals surface area contributed by atoms with Gasteiger partial charge in [-0.15, -0.1) is 0 Å². The Hall–Kier alpha value is -3.22. The predicted molar refractivity (Wildman–Crippen MR) is 99.2 cm³/mol. The molecule has 0 saturated carbocycles. The van der Waals surface area contributed by atoms with Crippen LogP contribution < -0.4 is 24.4 Å². The maximum atomic E-state index is 12.4. The Kier molecular flexibility index (Phi) is 6.43. The van der Waals surface area contributed by atoms with Gasteiger partial charge in [-0.1, -0.05) is 0 Å². The molecule has 0 aliphatic rings. The van der Waals surface area contributed by atoms with Gasteiger partial charge < -0.3 is 24.4 Å². The average Bonchev–Trinajstić information content (AvgIpc) is 2.66. The third-order valence-corrected chi connectivity index (χ3v) is 3.75. The second-order valence-corrected chi connectivity index (χ2v) is 5.42. The lowest BCUT2D eigenvalue weighted by Gasteiger charge is -2.21. The average molecular weight is 358 g/mol. The van der Waals surface area contributed by atoms with Crippen LogP contribution in [0.5, 0.6) is 17.2 Å². The van der Waals surface area contributed by atoms with Crippen LogP contribution in [0.25, 0.3) is 0 Å². The Morgan fingerprint density at radius 1 is 0.923 bits per heavy atom. The lowest BCUT2D eigenvalue weighted by atomic mass is 10.2. The lowest BCUT2D eigenvalue weighted by molar-refractivity contribution is -0.120. The van der Waals surface area contributed by atoms with E-state index in [9.17, 15) is 9.59 Å². The van der Waals surface area contributed by atoms with Crippen LogP contribution in [-0.2, 0) is 9.59 Å². The molecular weight excluding hydrogens is 336 g/mol. The summed E-state index contributed by atoms with van der Waals surface area (Å²) in [6.07, 6.45) is 0. The van der Waals surface area contributed by atoms with Gasteiger partial charge in [-0.25, -0.2) is 0 Å². The van der Waals surface area contributed by atoms with Crippen LogP contribution in [0.15, 0.2) is 42.5 Å². The van der Waals surface area contributed by atoms with Crippen molar-refractivity contribution in [3.8, 4) is 17.2 Å². The molecule has 0 aliphatic heterocycles. The summed E-state index contributed by atoms with van der Waals surface area (Å²) in [6.45, 7) is 1.28. The number of carbonyl (C=O) groups is 2. The van der Waals surface area contributed by atoms with E-state index in [-0.39, 0.29) is 18.4 Å². The van der Waals surface area contributed by atoms with Gasteiger partial charge in [0.15, 0.2) is 0 Å². The molecule has 2 rings (SSSR count). The molecule has 0 radical (unpaired) electrons. The summed E-state index contributed by atoms with van der Waals surface area (Å²) in [7, 11) is 4.61. The van der Waals surface area contributed by atoms with Crippen LogP contribution in [0, 0.1) is 0 Å². The van der Waals surface area contributed by atoms with Crippen LogP contribution in [-0.4, -0.2) is 39.7 Å². The zero-order chi connectivity index (χ0) is 19.1. The second kappa shape index (κ2) is 8.75. The highest BCUT2D eigenvalue weighted by molar-refractivity contribution is 6.02. The van der Waals surface area contributed by atoms with E-state index < -0.39 is 0 Å². The SMILES string of the molecule is COc1ccc(N(CC(=O)Nc2ccc(OC)cc2OC)C(C)=O)cc1. The van der Waals surface area contributed by atoms with E-state index >= 15 is 0 Å². The molecule has 0 spiro atoms. The van der Waals surface area contributed by atoms with Crippen LogP contribution in [0.3, 0.4) is 0 Å². The number of benzene rings is 2. The van der Waals surface area contributed by atoms with Crippen molar-refractivity contribution in [2.24, 2.45) is 0 Å². The van der Waals surface area contributed by atoms with E-state index in [1.165, 1.54) is 18.9 Å². The summed E-state index contributed by atoms with van der Waals surface area (Å²) in [5.74, 6) is 1.16. The fraction of sp³-hybridized carbons (Fsp3) is 0.263. The van der Waals surface area contributed by atoms with Gasteiger partial charge in [0, 0.05) is 18.7 Å². The molecule has 0 bridgehead atoms. The Bertz CT molecular complexity index is 774. The minimum atomic E-state index is -0.348. The van der Waals surface area contributed by atoms with Gasteiger partial charge in [0.1, 0.15) is 23.8 Å². The fourth-order valence-corrected chi connectivity index (χ4v) is 2.38. The largest absolute Gasteiger partial charge is 0.497 e. The monoisotopic (exact) mass is 358 g/mol. The lowest BCUT2D eigenvalue weighted by Crippen LogP contribution is -2.36. The van der Waals surface area contributed by atoms with E-state index in [4.69, 9.17) is 14.2 Å². The Balaban J connectivity index is 2.14. The maximum Gasteiger partial charge on any atom is 0.244 e. The van der Waals surface area contributed by atoms with Crippen LogP contribution in [0.1, 0.15) is 6.92 Å². The molecule has 0 heterocycles. The van der Waals surface area contributed by atoms with Crippen molar-refractivity contribution in [1.29, 1.82) is 0 Å². The first kappa shape index (κ1) is 19.1. The molecule has 0 saturated heterocycles. The molecule has 0 atom stereocenters. The zero-order valence-electron chi connectivity index (χ0n) is 15.2. The molecule has 2 aromatic rings. The summed E-state index contributed by atoms with van der Waals surface area (Å²) in [5, 5.41) is 2.75. The highest BCUT2D eigenvalue weighted by atomic mass is 16.5. The molecular formula is C19H22N2O5. The Morgan fingerprint density at radius 3 is 2.08 bits per heavy atom. The number of anilines is 2. The van der Waals surface area contributed by atoms with Gasteiger partial charge in [-0.05, 0) is 36.4 Å². The van der Waals surface area contributed by atoms with Crippen molar-refractivity contribution in [2.45, 2.75) is 6.92 Å². The van der Waals surface area contributed by atoms with Crippen molar-refractivity contribution in [1.82, 2.24) is 0 Å². The maximum absolute atomic E-state index is 12.4. The highest BCUT2D eigenvalue weighted by Crippen LogP contribution is 2.29. The van der Waals surface area contributed by atoms with Crippen molar-refractivity contribution < 1.29 is 23.8 Å². The summed E-state index contributed by atoms with van der Waals surface area (Å²) in [4.78, 5) is 25.8. The number of hydrogen-bond acceptors (Lipinski definition) is 5. The van der Waals surface area contributed by atoms with Crippen molar-refractivity contribution >= 4 is 23.2 Å². The Labute approximate surface area is 152 Å². The smallest absolute Gasteiger partial charge is 0.244 e. The number of hydrogen-bond donors (Lipinski definition) is 1. The van der Waals surface area contributed by atoms with E-state index in [1.807, 2.05) is 0 Å². The Morgan fingerprint density at radius 2 is 1.54 bits per heavy atom. The molecule has 0 fully saturated rings. The molecule has 138 valence electrons. The van der Waals surface area contributed by atoms with Gasteiger partial charge in [-0.3, -0.25) is 9.59 Å². The molecule has 0 aliphatic carbocycles. The summed E-state index contributed by atoms with van der Waals surface area (Å²) < 4.78 is 15.5. The minimum absolute atomic E-state index is 0.128. The molecule has 26 heavy (non-hydrogen) atoms. The third-order valence-electron chi connectivity index (χ3n) is 3.75. The van der Waals surface area contributed by atoms with Gasteiger partial charge >= 0.3 is 0 Å². The standard InChI is InChI=1S/C19H22N2O5/c1-13(22)21(14-5-7-15(24-2)8-6-14)12-19(23)20-17-10-9-16(25-3)11-18(17)26-4/h5-11H,12H2,1-4H3,(H,20,23). The van der Waals surface area contributed by atoms with Gasteiger partial charge in [-0.2, -0.15) is 0 Å². The first-order valence-electron chi connectivity index (χ1n) is 7.92. The zero-order valence-corrected chi connectivity index (χ0v) is 15.2. The number of methoxy groups -OCH3 is 3. The fourth-order valence-electron chi connectivity index (χ4n) is 2.38. The molecule has 7 heteroatoms. The quantitative estimate of drug-likeness (QED) is 0.823. The van der Waals surface area contributed by atoms with E-state index in [0.29, 0.717) is 28.6 Å². The highest BCUT2D eigenvalue weighted by Gasteiger charge is 2.17. The molecule has 7 nitrogen and oxygen atoms in total. The van der Waals surface area contributed by atoms with Crippen LogP contribution >= 0.6 is 0 Å². The second-order valence-electron chi connectivity index (χ2n) is 5.42. The number of nitrogens with zero attached hydrogens (tertiary/aromatic N) is 1. The van der Waals surface area contributed by atoms with Crippen LogP contribution in [0.4, 0.5) is 11.4 Å². The van der Waals surface area contributed by atoms with Crippen molar-refractivity contribution in [2.75, 3.05) is 38.1 Å². The number of rotatable bonds is 7. The van der Waals surface area contributed by atoms with Crippen LogP contribution in [0.2, 0.25) is 0 Å². The normalized spacial score (nSPS) is 10.0. The molecule has 2 amide bonds. The number of ether oxygens (including phenoxy) is 3. The first-order chi connectivity index (χ1) is 12.5. The van der Waals surface area contributed by atoms with Gasteiger partial charge in [0.25, 0.3) is 0 Å². The van der Waals surface area contributed by atoms with Crippen molar-refractivity contribution in [3.05, 3.63) is 42.5 Å². The third kappa shape index (κ3) is 4.66. The number of nitrogens with one attached hydrogen (secondary N) is 1. The van der Waals surface area contributed by atoms with Crippen molar-refractivity contribution in [3.63, 3.8) is 0 Å². The van der Waals surface area contributed by atoms with E-state index in [2.05, 4.69) is 5.32 Å².